The summed E-state index contributed by atoms with van der Waals surface area (Å²) in [7, 11) is -4.75. The molecule has 0 bridgehead atoms. The number of carboxylic acids is 1. The van der Waals surface area contributed by atoms with Crippen LogP contribution in [-0.2, 0) is 9.36 Å². The Kier molecular flexibility index (Phi) is 2.79. The molecule has 4 N–H and O–H groups in total. The van der Waals surface area contributed by atoms with E-state index in [1.807, 2.05) is 0 Å². The van der Waals surface area contributed by atoms with E-state index in [-0.39, 0.29) is 0 Å². The zero-order valence-corrected chi connectivity index (χ0v) is 6.65. The first-order chi connectivity index (χ1) is 4.67. The zero-order valence-electron chi connectivity index (χ0n) is 5.76. The summed E-state index contributed by atoms with van der Waals surface area (Å²) in [5, 5.41) is 14.5. The van der Waals surface area contributed by atoms with Crippen LogP contribution in [0.5, 0.6) is 0 Å². The second-order valence-electron chi connectivity index (χ2n) is 2.33. The Morgan fingerprint density at radius 1 is 1.55 bits per heavy atom. The lowest BCUT2D eigenvalue weighted by molar-refractivity contribution is -0.140. The van der Waals surface area contributed by atoms with Gasteiger partial charge in [-0.1, -0.05) is 0 Å². The fourth-order valence-electron chi connectivity index (χ4n) is 0.389. The predicted molar refractivity (Wildman–Crippen MR) is 34.9 cm³/mol. The molecule has 0 aliphatic rings. The fourth-order valence-corrected chi connectivity index (χ4v) is 0.731. The van der Waals surface area contributed by atoms with Gasteiger partial charge in [-0.05, 0) is 6.92 Å². The van der Waals surface area contributed by atoms with Crippen molar-refractivity contribution in [1.82, 2.24) is 0 Å². The lowest BCUT2D eigenvalue weighted by Crippen LogP contribution is -2.27. The van der Waals surface area contributed by atoms with Gasteiger partial charge in [0.2, 0.25) is 0 Å². The van der Waals surface area contributed by atoms with E-state index in [1.165, 1.54) is 0 Å². The van der Waals surface area contributed by atoms with Crippen LogP contribution in [0.25, 0.3) is 0 Å². The van der Waals surface area contributed by atoms with Crippen molar-refractivity contribution in [2.24, 2.45) is 0 Å². The highest BCUT2D eigenvalue weighted by Crippen LogP contribution is 2.50. The lowest BCUT2D eigenvalue weighted by Gasteiger charge is -2.21. The molecule has 0 aliphatic carbocycles. The Morgan fingerprint density at radius 3 is 2.00 bits per heavy atom. The number of rotatable bonds is 3. The van der Waals surface area contributed by atoms with E-state index in [0.29, 0.717) is 0 Å². The number of aliphatic hydroxyl groups is 1. The minimum atomic E-state index is -4.75. The predicted octanol–water partition coefficient (Wildman–Crippen LogP) is -0.653. The number of carboxylic acid groups (broad SMARTS) is 1. The smallest absolute Gasteiger partial charge is 0.357 e. The number of carbonyl (C=O) groups is 1. The molecule has 1 unspecified atom stereocenters. The Hall–Kier alpha value is -0.420. The summed E-state index contributed by atoms with van der Waals surface area (Å²) in [5.74, 6) is -1.46. The van der Waals surface area contributed by atoms with Gasteiger partial charge in [-0.2, -0.15) is 0 Å². The van der Waals surface area contributed by atoms with Crippen LogP contribution in [-0.4, -0.2) is 31.3 Å². The average molecular weight is 184 g/mol. The standard InChI is InChI=1S/C4H9O6P/c1-4(7,2-3(5)6)11(8,9)10/h7H,2H2,1H3,(H,5,6)(H2,8,9,10). The minimum Gasteiger partial charge on any atom is -0.481 e. The van der Waals surface area contributed by atoms with Gasteiger partial charge in [0.15, 0.2) is 5.34 Å². The molecule has 0 rings (SSSR count). The van der Waals surface area contributed by atoms with Crippen LogP contribution in [0.15, 0.2) is 0 Å². The molecule has 0 radical (unpaired) electrons. The maximum atomic E-state index is 10.4. The van der Waals surface area contributed by atoms with Gasteiger partial charge in [0.25, 0.3) is 0 Å². The van der Waals surface area contributed by atoms with E-state index in [1.54, 1.807) is 0 Å². The van der Waals surface area contributed by atoms with Gasteiger partial charge < -0.3 is 20.0 Å². The average Bonchev–Trinajstić information content (AvgIpc) is 1.56. The Balaban J connectivity index is 4.48. The van der Waals surface area contributed by atoms with E-state index >= 15 is 0 Å². The van der Waals surface area contributed by atoms with Crippen molar-refractivity contribution in [3.05, 3.63) is 0 Å². The van der Waals surface area contributed by atoms with Gasteiger partial charge in [0, 0.05) is 0 Å². The van der Waals surface area contributed by atoms with Crippen molar-refractivity contribution in [3.8, 4) is 0 Å². The zero-order chi connectivity index (χ0) is 9.28. The molecule has 0 heterocycles. The third kappa shape index (κ3) is 2.98. The Bertz CT molecular complexity index is 203. The molecule has 1 atom stereocenters. The molecule has 11 heavy (non-hydrogen) atoms. The van der Waals surface area contributed by atoms with Crippen LogP contribution in [0.1, 0.15) is 13.3 Å². The van der Waals surface area contributed by atoms with E-state index in [4.69, 9.17) is 20.0 Å². The summed E-state index contributed by atoms with van der Waals surface area (Å²) < 4.78 is 10.4. The van der Waals surface area contributed by atoms with Crippen molar-refractivity contribution in [2.75, 3.05) is 0 Å². The molecule has 66 valence electrons. The van der Waals surface area contributed by atoms with Gasteiger partial charge in [-0.3, -0.25) is 9.36 Å². The molecular weight excluding hydrogens is 175 g/mol. The Morgan fingerprint density at radius 2 is 1.91 bits per heavy atom. The third-order valence-corrected chi connectivity index (χ3v) is 2.53. The number of hydrogen-bond acceptors (Lipinski definition) is 3. The van der Waals surface area contributed by atoms with Crippen LogP contribution in [0.2, 0.25) is 0 Å². The van der Waals surface area contributed by atoms with Gasteiger partial charge in [-0.25, -0.2) is 0 Å². The molecule has 6 nitrogen and oxygen atoms in total. The fraction of sp³-hybridized carbons (Fsp3) is 0.750. The summed E-state index contributed by atoms with van der Waals surface area (Å²) in [6.45, 7) is 0.780. The maximum Gasteiger partial charge on any atom is 0.357 e. The highest BCUT2D eigenvalue weighted by atomic mass is 31.2. The van der Waals surface area contributed by atoms with Crippen LogP contribution in [0, 0.1) is 0 Å². The first kappa shape index (κ1) is 10.6. The topological polar surface area (TPSA) is 115 Å². The summed E-state index contributed by atoms with van der Waals surface area (Å²) in [6.07, 6.45) is -0.975. The van der Waals surface area contributed by atoms with Crippen molar-refractivity contribution < 1.29 is 29.4 Å². The van der Waals surface area contributed by atoms with Gasteiger partial charge in [0.05, 0.1) is 6.42 Å². The largest absolute Gasteiger partial charge is 0.481 e. The van der Waals surface area contributed by atoms with Crippen molar-refractivity contribution in [2.45, 2.75) is 18.7 Å². The van der Waals surface area contributed by atoms with Crippen LogP contribution in [0.3, 0.4) is 0 Å². The Labute approximate surface area is 62.6 Å². The van der Waals surface area contributed by atoms with Crippen molar-refractivity contribution in [3.63, 3.8) is 0 Å². The van der Waals surface area contributed by atoms with E-state index in [9.17, 15) is 9.36 Å². The second kappa shape index (κ2) is 2.91. The highest BCUT2D eigenvalue weighted by Gasteiger charge is 2.42. The van der Waals surface area contributed by atoms with E-state index in [0.717, 1.165) is 6.92 Å². The molecule has 0 aliphatic heterocycles. The molecule has 7 heteroatoms. The van der Waals surface area contributed by atoms with Crippen LogP contribution in [0.4, 0.5) is 0 Å². The highest BCUT2D eigenvalue weighted by molar-refractivity contribution is 7.53. The summed E-state index contributed by atoms with van der Waals surface area (Å²) in [6, 6.07) is 0. The molecule has 0 saturated heterocycles. The quantitative estimate of drug-likeness (QED) is 0.433. The second-order valence-corrected chi connectivity index (χ2v) is 4.38. The molecule has 0 aromatic carbocycles. The monoisotopic (exact) mass is 184 g/mol. The van der Waals surface area contributed by atoms with Gasteiger partial charge >= 0.3 is 13.6 Å². The van der Waals surface area contributed by atoms with Crippen molar-refractivity contribution >= 4 is 13.6 Å². The molecule has 0 amide bonds. The number of aliphatic carboxylic acids is 1. The molecule has 0 fully saturated rings. The molecule has 0 aromatic rings. The van der Waals surface area contributed by atoms with Crippen molar-refractivity contribution in [1.29, 1.82) is 0 Å². The molecule has 0 aromatic heterocycles. The molecular formula is C4H9O6P. The summed E-state index contributed by atoms with van der Waals surface area (Å²) in [4.78, 5) is 26.7. The first-order valence-electron chi connectivity index (χ1n) is 2.66. The minimum absolute atomic E-state index is 0.780. The summed E-state index contributed by atoms with van der Waals surface area (Å²) in [5.41, 5.74) is 0. The van der Waals surface area contributed by atoms with Crippen LogP contribution >= 0.6 is 7.60 Å². The first-order valence-corrected chi connectivity index (χ1v) is 4.28. The number of hydrogen-bond donors (Lipinski definition) is 4. The van der Waals surface area contributed by atoms with E-state index in [2.05, 4.69) is 0 Å². The molecule has 0 spiro atoms. The third-order valence-electron chi connectivity index (χ3n) is 1.11. The normalized spacial score (nSPS) is 17.5. The maximum absolute atomic E-state index is 10.4. The van der Waals surface area contributed by atoms with E-state index < -0.39 is 25.3 Å². The van der Waals surface area contributed by atoms with Gasteiger partial charge in [0.1, 0.15) is 0 Å². The molecule has 0 saturated carbocycles. The summed E-state index contributed by atoms with van der Waals surface area (Å²) >= 11 is 0. The lowest BCUT2D eigenvalue weighted by atomic mass is 10.3. The van der Waals surface area contributed by atoms with Gasteiger partial charge in [-0.15, -0.1) is 0 Å². The SMILES string of the molecule is CC(O)(CC(=O)O)P(=O)(O)O. The van der Waals surface area contributed by atoms with Crippen LogP contribution < -0.4 is 0 Å².